The molecule has 0 radical (unpaired) electrons. The van der Waals surface area contributed by atoms with Crippen LogP contribution in [-0.4, -0.2) is 34.4 Å². The van der Waals surface area contributed by atoms with Gasteiger partial charge in [-0.05, 0) is 30.7 Å². The SMILES string of the molecule is COC(=O)c1cc(-c2cc(C(=O)O)[nH]n2)cc(F)c1C. The van der Waals surface area contributed by atoms with Crippen LogP contribution in [0.5, 0.6) is 0 Å². The summed E-state index contributed by atoms with van der Waals surface area (Å²) in [7, 11) is 1.20. The number of aromatic carboxylic acids is 1. The number of carbonyl (C=O) groups excluding carboxylic acids is 1. The Bertz CT molecular complexity index is 694. The van der Waals surface area contributed by atoms with E-state index in [4.69, 9.17) is 5.11 Å². The Kier molecular flexibility index (Phi) is 3.51. The van der Waals surface area contributed by atoms with E-state index >= 15 is 0 Å². The van der Waals surface area contributed by atoms with Crippen LogP contribution >= 0.6 is 0 Å². The first-order valence-electron chi connectivity index (χ1n) is 5.61. The molecule has 2 aromatic rings. The molecule has 7 heteroatoms. The fourth-order valence-electron chi connectivity index (χ4n) is 1.73. The van der Waals surface area contributed by atoms with Gasteiger partial charge in [0.2, 0.25) is 0 Å². The van der Waals surface area contributed by atoms with Crippen LogP contribution in [0, 0.1) is 12.7 Å². The lowest BCUT2D eigenvalue weighted by atomic mass is 10.0. The van der Waals surface area contributed by atoms with Gasteiger partial charge in [-0.3, -0.25) is 5.10 Å². The molecule has 0 aliphatic carbocycles. The molecule has 2 rings (SSSR count). The highest BCUT2D eigenvalue weighted by atomic mass is 19.1. The number of hydrogen-bond donors (Lipinski definition) is 2. The second kappa shape index (κ2) is 5.12. The molecule has 1 aromatic heterocycles. The predicted molar refractivity (Wildman–Crippen MR) is 67.0 cm³/mol. The number of aromatic amines is 1. The van der Waals surface area contributed by atoms with E-state index in [0.717, 1.165) is 0 Å². The number of carbonyl (C=O) groups is 2. The summed E-state index contributed by atoms with van der Waals surface area (Å²) in [5.41, 5.74) is 0.626. The molecule has 0 amide bonds. The lowest BCUT2D eigenvalue weighted by Gasteiger charge is -2.07. The van der Waals surface area contributed by atoms with Gasteiger partial charge in [0.05, 0.1) is 18.4 Å². The molecular weight excluding hydrogens is 267 g/mol. The standard InChI is InChI=1S/C13H11FN2O4/c1-6-8(13(19)20-2)3-7(4-9(6)14)10-5-11(12(17)18)16-15-10/h3-5H,1-2H3,(H,15,16)(H,17,18). The third kappa shape index (κ3) is 2.37. The molecule has 1 aromatic carbocycles. The van der Waals surface area contributed by atoms with Gasteiger partial charge >= 0.3 is 11.9 Å². The number of hydrogen-bond acceptors (Lipinski definition) is 4. The number of aromatic nitrogens is 2. The van der Waals surface area contributed by atoms with E-state index in [1.807, 2.05) is 0 Å². The molecule has 1 heterocycles. The monoisotopic (exact) mass is 278 g/mol. The van der Waals surface area contributed by atoms with Crippen molar-refractivity contribution in [3.05, 3.63) is 40.8 Å². The summed E-state index contributed by atoms with van der Waals surface area (Å²) in [5, 5.41) is 14.9. The summed E-state index contributed by atoms with van der Waals surface area (Å²) >= 11 is 0. The van der Waals surface area contributed by atoms with E-state index < -0.39 is 17.8 Å². The topological polar surface area (TPSA) is 92.3 Å². The lowest BCUT2D eigenvalue weighted by molar-refractivity contribution is 0.0598. The van der Waals surface area contributed by atoms with Crippen LogP contribution in [0.3, 0.4) is 0 Å². The highest BCUT2D eigenvalue weighted by Gasteiger charge is 2.17. The Labute approximate surface area is 113 Å². The smallest absolute Gasteiger partial charge is 0.353 e. The summed E-state index contributed by atoms with van der Waals surface area (Å²) in [5.74, 6) is -2.44. The minimum absolute atomic E-state index is 0.0716. The van der Waals surface area contributed by atoms with E-state index in [2.05, 4.69) is 14.9 Å². The molecule has 20 heavy (non-hydrogen) atoms. The molecule has 0 bridgehead atoms. The van der Waals surface area contributed by atoms with Crippen molar-refractivity contribution in [1.82, 2.24) is 10.2 Å². The summed E-state index contributed by atoms with van der Waals surface area (Å²) in [6.45, 7) is 1.46. The fraction of sp³-hybridized carbons (Fsp3) is 0.154. The second-order valence-electron chi connectivity index (χ2n) is 4.09. The molecular formula is C13H11FN2O4. The number of halogens is 1. The van der Waals surface area contributed by atoms with Crippen LogP contribution in [0.4, 0.5) is 4.39 Å². The number of benzene rings is 1. The van der Waals surface area contributed by atoms with Gasteiger partial charge in [0, 0.05) is 5.56 Å². The van der Waals surface area contributed by atoms with Crippen molar-refractivity contribution >= 4 is 11.9 Å². The number of nitrogens with zero attached hydrogens (tertiary/aromatic N) is 1. The van der Waals surface area contributed by atoms with E-state index in [1.54, 1.807) is 0 Å². The van der Waals surface area contributed by atoms with Crippen molar-refractivity contribution < 1.29 is 23.8 Å². The van der Waals surface area contributed by atoms with Crippen molar-refractivity contribution in [3.8, 4) is 11.3 Å². The Balaban J connectivity index is 2.54. The van der Waals surface area contributed by atoms with Crippen molar-refractivity contribution in [2.24, 2.45) is 0 Å². The van der Waals surface area contributed by atoms with Crippen LogP contribution in [0.15, 0.2) is 18.2 Å². The number of carboxylic acids is 1. The predicted octanol–water partition coefficient (Wildman–Crippen LogP) is 2.01. The van der Waals surface area contributed by atoms with Crippen LogP contribution in [0.25, 0.3) is 11.3 Å². The Hall–Kier alpha value is -2.70. The molecule has 6 nitrogen and oxygen atoms in total. The van der Waals surface area contributed by atoms with Gasteiger partial charge in [0.25, 0.3) is 0 Å². The summed E-state index contributed by atoms with van der Waals surface area (Å²) < 4.78 is 18.4. The van der Waals surface area contributed by atoms with Crippen LogP contribution in [0.1, 0.15) is 26.4 Å². The quantitative estimate of drug-likeness (QED) is 0.838. The Morgan fingerprint density at radius 3 is 2.60 bits per heavy atom. The number of methoxy groups -OCH3 is 1. The van der Waals surface area contributed by atoms with E-state index in [9.17, 15) is 14.0 Å². The van der Waals surface area contributed by atoms with E-state index in [0.29, 0.717) is 0 Å². The van der Waals surface area contributed by atoms with Gasteiger partial charge in [-0.2, -0.15) is 5.10 Å². The van der Waals surface area contributed by atoms with Crippen molar-refractivity contribution in [3.63, 3.8) is 0 Å². The average Bonchev–Trinajstić information content (AvgIpc) is 2.90. The highest BCUT2D eigenvalue weighted by Crippen LogP contribution is 2.24. The van der Waals surface area contributed by atoms with Gasteiger partial charge in [-0.15, -0.1) is 0 Å². The summed E-state index contributed by atoms with van der Waals surface area (Å²) in [6, 6.07) is 3.85. The summed E-state index contributed by atoms with van der Waals surface area (Å²) in [4.78, 5) is 22.3. The fourth-order valence-corrected chi connectivity index (χ4v) is 1.73. The molecule has 0 aliphatic rings. The lowest BCUT2D eigenvalue weighted by Crippen LogP contribution is -2.05. The first-order chi connectivity index (χ1) is 9.43. The minimum atomic E-state index is -1.18. The Morgan fingerprint density at radius 1 is 1.35 bits per heavy atom. The molecule has 104 valence electrons. The number of H-pyrrole nitrogens is 1. The van der Waals surface area contributed by atoms with Crippen molar-refractivity contribution in [2.75, 3.05) is 7.11 Å². The van der Waals surface area contributed by atoms with E-state index in [-0.39, 0.29) is 28.1 Å². The van der Waals surface area contributed by atoms with Crippen LogP contribution in [0.2, 0.25) is 0 Å². The van der Waals surface area contributed by atoms with Crippen molar-refractivity contribution in [2.45, 2.75) is 6.92 Å². The zero-order valence-electron chi connectivity index (χ0n) is 10.7. The molecule has 0 saturated carbocycles. The average molecular weight is 278 g/mol. The number of rotatable bonds is 3. The first-order valence-corrected chi connectivity index (χ1v) is 5.61. The largest absolute Gasteiger partial charge is 0.477 e. The molecule has 0 unspecified atom stereocenters. The number of nitrogens with one attached hydrogen (secondary N) is 1. The third-order valence-corrected chi connectivity index (χ3v) is 2.85. The molecule has 2 N–H and O–H groups in total. The van der Waals surface area contributed by atoms with Gasteiger partial charge < -0.3 is 9.84 Å². The highest BCUT2D eigenvalue weighted by molar-refractivity contribution is 5.93. The van der Waals surface area contributed by atoms with Crippen LogP contribution < -0.4 is 0 Å². The zero-order chi connectivity index (χ0) is 14.9. The van der Waals surface area contributed by atoms with Gasteiger partial charge in [-0.1, -0.05) is 0 Å². The minimum Gasteiger partial charge on any atom is -0.477 e. The number of carboxylic acid groups (broad SMARTS) is 1. The molecule has 0 saturated heterocycles. The van der Waals surface area contributed by atoms with Crippen LogP contribution in [-0.2, 0) is 4.74 Å². The third-order valence-electron chi connectivity index (χ3n) is 2.85. The maximum absolute atomic E-state index is 13.8. The first kappa shape index (κ1) is 13.7. The molecule has 0 aliphatic heterocycles. The number of esters is 1. The van der Waals surface area contributed by atoms with Gasteiger partial charge in [0.15, 0.2) is 0 Å². The van der Waals surface area contributed by atoms with E-state index in [1.165, 1.54) is 32.2 Å². The zero-order valence-corrected chi connectivity index (χ0v) is 10.7. The second-order valence-corrected chi connectivity index (χ2v) is 4.09. The number of ether oxygens (including phenoxy) is 1. The molecule has 0 spiro atoms. The van der Waals surface area contributed by atoms with Crippen molar-refractivity contribution in [1.29, 1.82) is 0 Å². The maximum atomic E-state index is 13.8. The van der Waals surface area contributed by atoms with Gasteiger partial charge in [-0.25, -0.2) is 14.0 Å². The normalized spacial score (nSPS) is 10.3. The molecule has 0 atom stereocenters. The maximum Gasteiger partial charge on any atom is 0.353 e. The Morgan fingerprint density at radius 2 is 2.05 bits per heavy atom. The summed E-state index contributed by atoms with van der Waals surface area (Å²) in [6.07, 6.45) is 0. The molecule has 0 fully saturated rings. The van der Waals surface area contributed by atoms with Gasteiger partial charge in [0.1, 0.15) is 11.5 Å².